The molecule has 0 saturated heterocycles. The molecule has 11 heavy (non-hydrogen) atoms. The second-order valence-corrected chi connectivity index (χ2v) is 3.30. The second kappa shape index (κ2) is 6.41. The zero-order valence-corrected chi connectivity index (χ0v) is 8.74. The molecule has 0 aromatic carbocycles. The highest BCUT2D eigenvalue weighted by Gasteiger charge is 2.00. The van der Waals surface area contributed by atoms with E-state index in [1.807, 2.05) is 25.2 Å². The highest BCUT2D eigenvalue weighted by atomic mass is 32.1. The van der Waals surface area contributed by atoms with E-state index >= 15 is 0 Å². The summed E-state index contributed by atoms with van der Waals surface area (Å²) in [5, 5.41) is 2.14. The van der Waals surface area contributed by atoms with Crippen LogP contribution >= 0.6 is 11.3 Å². The van der Waals surface area contributed by atoms with Crippen LogP contribution in [0.5, 0.6) is 0 Å². The van der Waals surface area contributed by atoms with Crippen molar-refractivity contribution >= 4 is 11.3 Å². The minimum absolute atomic E-state index is 0.755. The van der Waals surface area contributed by atoms with Crippen LogP contribution in [0.2, 0.25) is 0 Å². The van der Waals surface area contributed by atoms with Crippen LogP contribution in [0.1, 0.15) is 44.9 Å². The largest absolute Gasteiger partial charge is 0.149 e. The van der Waals surface area contributed by atoms with Gasteiger partial charge in [-0.2, -0.15) is 0 Å². The molecule has 0 aliphatic carbocycles. The first-order valence-electron chi connectivity index (χ1n) is 4.38. The van der Waals surface area contributed by atoms with Crippen LogP contribution in [0.3, 0.4) is 0 Å². The lowest BCUT2D eigenvalue weighted by atomic mass is 10.1. The minimum Gasteiger partial charge on any atom is -0.149 e. The standard InChI is InChI=1S/C8H12S.C2H6/c1-3-7(2)8-5-4-6-9-8;1-2/h4-7H,3H2,1-2H3;1-2H3. The van der Waals surface area contributed by atoms with Crippen LogP contribution in [-0.4, -0.2) is 0 Å². The van der Waals surface area contributed by atoms with Crippen molar-refractivity contribution in [1.29, 1.82) is 0 Å². The van der Waals surface area contributed by atoms with Crippen molar-refractivity contribution in [3.63, 3.8) is 0 Å². The second-order valence-electron chi connectivity index (χ2n) is 2.32. The molecule has 0 amide bonds. The van der Waals surface area contributed by atoms with E-state index in [1.165, 1.54) is 11.3 Å². The van der Waals surface area contributed by atoms with Gasteiger partial charge in [0.2, 0.25) is 0 Å². The Balaban J connectivity index is 0.000000461. The Morgan fingerprint density at radius 3 is 2.45 bits per heavy atom. The van der Waals surface area contributed by atoms with Crippen molar-refractivity contribution in [3.05, 3.63) is 22.4 Å². The van der Waals surface area contributed by atoms with Crippen LogP contribution < -0.4 is 0 Å². The van der Waals surface area contributed by atoms with Crippen molar-refractivity contribution in [2.24, 2.45) is 0 Å². The molecule has 0 aliphatic rings. The Kier molecular flexibility index (Phi) is 6.24. The van der Waals surface area contributed by atoms with E-state index < -0.39 is 0 Å². The molecule has 1 aromatic heterocycles. The Bertz CT molecular complexity index is 153. The number of thiophene rings is 1. The third-order valence-corrected chi connectivity index (χ3v) is 2.75. The Morgan fingerprint density at radius 2 is 2.09 bits per heavy atom. The van der Waals surface area contributed by atoms with E-state index in [-0.39, 0.29) is 0 Å². The number of hydrogen-bond acceptors (Lipinski definition) is 1. The van der Waals surface area contributed by atoms with Crippen LogP contribution in [0.4, 0.5) is 0 Å². The molecule has 64 valence electrons. The monoisotopic (exact) mass is 170 g/mol. The zero-order chi connectivity index (χ0) is 8.69. The number of hydrogen-bond donors (Lipinski definition) is 0. The van der Waals surface area contributed by atoms with Crippen molar-refractivity contribution in [1.82, 2.24) is 0 Å². The maximum atomic E-state index is 2.27. The maximum Gasteiger partial charge on any atom is 0.00733 e. The van der Waals surface area contributed by atoms with Gasteiger partial charge in [-0.05, 0) is 23.8 Å². The van der Waals surface area contributed by atoms with E-state index in [4.69, 9.17) is 0 Å². The molecule has 1 heteroatoms. The van der Waals surface area contributed by atoms with Gasteiger partial charge in [0.25, 0.3) is 0 Å². The first-order valence-corrected chi connectivity index (χ1v) is 5.26. The van der Waals surface area contributed by atoms with Crippen molar-refractivity contribution in [2.75, 3.05) is 0 Å². The van der Waals surface area contributed by atoms with Crippen molar-refractivity contribution < 1.29 is 0 Å². The summed E-state index contributed by atoms with van der Waals surface area (Å²) in [6.07, 6.45) is 1.25. The molecule has 1 rings (SSSR count). The molecule has 0 nitrogen and oxygen atoms in total. The third kappa shape index (κ3) is 3.57. The van der Waals surface area contributed by atoms with Gasteiger partial charge in [0.15, 0.2) is 0 Å². The van der Waals surface area contributed by atoms with Crippen molar-refractivity contribution in [3.8, 4) is 0 Å². The minimum atomic E-state index is 0.755. The Labute approximate surface area is 74.3 Å². The van der Waals surface area contributed by atoms with E-state index in [1.54, 1.807) is 0 Å². The molecule has 1 unspecified atom stereocenters. The summed E-state index contributed by atoms with van der Waals surface area (Å²) < 4.78 is 0. The van der Waals surface area contributed by atoms with Gasteiger partial charge in [0.1, 0.15) is 0 Å². The summed E-state index contributed by atoms with van der Waals surface area (Å²) in [7, 11) is 0. The Morgan fingerprint density at radius 1 is 1.45 bits per heavy atom. The summed E-state index contributed by atoms with van der Waals surface area (Å²) in [6, 6.07) is 4.32. The van der Waals surface area contributed by atoms with Gasteiger partial charge in [-0.3, -0.25) is 0 Å². The van der Waals surface area contributed by atoms with E-state index in [0.29, 0.717) is 0 Å². The lowest BCUT2D eigenvalue weighted by Crippen LogP contribution is -1.84. The predicted molar refractivity (Wildman–Crippen MR) is 54.4 cm³/mol. The fraction of sp³-hybridized carbons (Fsp3) is 0.600. The average Bonchev–Trinajstić information content (AvgIpc) is 2.59. The summed E-state index contributed by atoms with van der Waals surface area (Å²) in [5.74, 6) is 0.755. The van der Waals surface area contributed by atoms with E-state index in [9.17, 15) is 0 Å². The van der Waals surface area contributed by atoms with Gasteiger partial charge in [-0.15, -0.1) is 11.3 Å². The summed E-state index contributed by atoms with van der Waals surface area (Å²) in [6.45, 7) is 8.50. The lowest BCUT2D eigenvalue weighted by Gasteiger charge is -2.02. The van der Waals surface area contributed by atoms with E-state index in [2.05, 4.69) is 31.4 Å². The van der Waals surface area contributed by atoms with Crippen LogP contribution in [0.25, 0.3) is 0 Å². The van der Waals surface area contributed by atoms with Crippen molar-refractivity contribution in [2.45, 2.75) is 40.0 Å². The van der Waals surface area contributed by atoms with Gasteiger partial charge in [0, 0.05) is 4.88 Å². The fourth-order valence-electron chi connectivity index (χ4n) is 0.773. The highest BCUT2D eigenvalue weighted by molar-refractivity contribution is 7.10. The van der Waals surface area contributed by atoms with Crippen LogP contribution in [-0.2, 0) is 0 Å². The fourth-order valence-corrected chi connectivity index (χ4v) is 1.64. The summed E-state index contributed by atoms with van der Waals surface area (Å²) in [4.78, 5) is 1.51. The Hall–Kier alpha value is -0.300. The molecule has 1 aromatic rings. The van der Waals surface area contributed by atoms with Gasteiger partial charge < -0.3 is 0 Å². The summed E-state index contributed by atoms with van der Waals surface area (Å²) in [5.41, 5.74) is 0. The molecule has 0 radical (unpaired) electrons. The normalized spacial score (nSPS) is 11.6. The average molecular weight is 170 g/mol. The number of rotatable bonds is 2. The highest BCUT2D eigenvalue weighted by Crippen LogP contribution is 2.22. The topological polar surface area (TPSA) is 0 Å². The van der Waals surface area contributed by atoms with E-state index in [0.717, 1.165) is 5.92 Å². The first kappa shape index (κ1) is 10.7. The quantitative estimate of drug-likeness (QED) is 0.621. The molecule has 0 bridgehead atoms. The van der Waals surface area contributed by atoms with Gasteiger partial charge >= 0.3 is 0 Å². The molecule has 1 atom stereocenters. The predicted octanol–water partition coefficient (Wildman–Crippen LogP) is 4.29. The molecule has 1 heterocycles. The van der Waals surface area contributed by atoms with Gasteiger partial charge in [0.05, 0.1) is 0 Å². The SMILES string of the molecule is CC.CCC(C)c1cccs1. The maximum absolute atomic E-state index is 2.27. The molecule has 0 aliphatic heterocycles. The zero-order valence-electron chi connectivity index (χ0n) is 7.92. The molecule has 0 saturated carbocycles. The van der Waals surface area contributed by atoms with Crippen LogP contribution in [0, 0.1) is 0 Å². The lowest BCUT2D eigenvalue weighted by molar-refractivity contribution is 0.748. The van der Waals surface area contributed by atoms with Crippen LogP contribution in [0.15, 0.2) is 17.5 Å². The molecule has 0 spiro atoms. The molecular weight excluding hydrogens is 152 g/mol. The summed E-state index contributed by atoms with van der Waals surface area (Å²) >= 11 is 1.86. The molecular formula is C10H18S. The molecule has 0 N–H and O–H groups in total. The van der Waals surface area contributed by atoms with Gasteiger partial charge in [-0.25, -0.2) is 0 Å². The first-order chi connectivity index (χ1) is 5.34. The van der Waals surface area contributed by atoms with Gasteiger partial charge in [-0.1, -0.05) is 33.8 Å². The smallest absolute Gasteiger partial charge is 0.00733 e. The third-order valence-electron chi connectivity index (χ3n) is 1.64. The molecule has 0 fully saturated rings.